The number of anilines is 1. The number of amides is 1. The van der Waals surface area contributed by atoms with Crippen molar-refractivity contribution in [2.24, 2.45) is 0 Å². The monoisotopic (exact) mass is 330 g/mol. The first-order chi connectivity index (χ1) is 11.8. The van der Waals surface area contributed by atoms with E-state index in [0.29, 0.717) is 43.6 Å². The number of aromatic nitrogens is 4. The predicted octanol–water partition coefficient (Wildman–Crippen LogP) is 0.0418. The van der Waals surface area contributed by atoms with Gasteiger partial charge in [0.15, 0.2) is 5.82 Å². The van der Waals surface area contributed by atoms with E-state index in [2.05, 4.69) is 25.3 Å². The topological polar surface area (TPSA) is 102 Å². The number of nitrogens with zero attached hydrogens (tertiary/aromatic N) is 5. The fourth-order valence-corrected chi connectivity index (χ4v) is 2.23. The fourth-order valence-electron chi connectivity index (χ4n) is 2.23. The van der Waals surface area contributed by atoms with Crippen LogP contribution in [-0.4, -0.2) is 59.3 Å². The Morgan fingerprint density at radius 2 is 2.00 bits per heavy atom. The minimum Gasteiger partial charge on any atom is -0.467 e. The second kappa shape index (κ2) is 7.64. The van der Waals surface area contributed by atoms with E-state index >= 15 is 0 Å². The number of hydrogen-bond donors (Lipinski definition) is 1. The summed E-state index contributed by atoms with van der Waals surface area (Å²) >= 11 is 0. The fraction of sp³-hybridized carbons (Fsp3) is 0.400. The number of pyridine rings is 1. The molecule has 126 valence electrons. The largest absolute Gasteiger partial charge is 0.467 e. The molecule has 1 aliphatic heterocycles. The van der Waals surface area contributed by atoms with Crippen molar-refractivity contribution >= 4 is 11.9 Å². The van der Waals surface area contributed by atoms with E-state index in [9.17, 15) is 4.79 Å². The molecule has 2 aromatic rings. The molecule has 0 aliphatic carbocycles. The number of methoxy groups -OCH3 is 1. The highest BCUT2D eigenvalue weighted by molar-refractivity contribution is 5.93. The number of ether oxygens (including phenoxy) is 2. The molecule has 1 N–H and O–H groups in total. The molecule has 3 rings (SSSR count). The quantitative estimate of drug-likeness (QED) is 0.820. The Morgan fingerprint density at radius 1 is 1.25 bits per heavy atom. The summed E-state index contributed by atoms with van der Waals surface area (Å²) in [5.41, 5.74) is 0.527. The van der Waals surface area contributed by atoms with Crippen molar-refractivity contribution in [1.82, 2.24) is 25.3 Å². The van der Waals surface area contributed by atoms with Crippen LogP contribution < -0.4 is 15.0 Å². The standard InChI is InChI=1S/C15H18N6O3/c1-23-15-19-12(10-17-13(22)11-2-4-16-5-3-11)18-14(20-15)21-6-8-24-9-7-21/h2-5H,6-10H2,1H3,(H,17,22). The number of hydrogen-bond acceptors (Lipinski definition) is 8. The molecule has 9 nitrogen and oxygen atoms in total. The smallest absolute Gasteiger partial charge is 0.321 e. The third-order valence-electron chi connectivity index (χ3n) is 3.48. The minimum absolute atomic E-state index is 0.178. The van der Waals surface area contributed by atoms with E-state index in [4.69, 9.17) is 9.47 Å². The molecular formula is C15H18N6O3. The third kappa shape index (κ3) is 3.93. The van der Waals surface area contributed by atoms with Crippen LogP contribution in [0.3, 0.4) is 0 Å². The van der Waals surface area contributed by atoms with E-state index in [0.717, 1.165) is 0 Å². The number of rotatable bonds is 5. The van der Waals surface area contributed by atoms with Gasteiger partial charge in [-0.1, -0.05) is 0 Å². The number of carbonyl (C=O) groups excluding carboxylic acids is 1. The molecule has 0 unspecified atom stereocenters. The molecule has 3 heterocycles. The Balaban J connectivity index is 1.71. The highest BCUT2D eigenvalue weighted by Gasteiger charge is 2.17. The average Bonchev–Trinajstić information content (AvgIpc) is 2.67. The van der Waals surface area contributed by atoms with Crippen LogP contribution in [0.5, 0.6) is 6.01 Å². The van der Waals surface area contributed by atoms with Crippen molar-refractivity contribution < 1.29 is 14.3 Å². The summed E-state index contributed by atoms with van der Waals surface area (Å²) < 4.78 is 10.5. The van der Waals surface area contributed by atoms with E-state index in [1.54, 1.807) is 24.5 Å². The summed E-state index contributed by atoms with van der Waals surface area (Å²) in [5.74, 6) is 0.744. The van der Waals surface area contributed by atoms with E-state index < -0.39 is 0 Å². The molecule has 1 aliphatic rings. The van der Waals surface area contributed by atoms with Crippen LogP contribution in [0.1, 0.15) is 16.2 Å². The van der Waals surface area contributed by atoms with Crippen molar-refractivity contribution in [1.29, 1.82) is 0 Å². The molecule has 0 aromatic carbocycles. The average molecular weight is 330 g/mol. The Bertz CT molecular complexity index is 691. The maximum atomic E-state index is 12.1. The summed E-state index contributed by atoms with van der Waals surface area (Å²) in [6.45, 7) is 2.84. The van der Waals surface area contributed by atoms with Crippen molar-refractivity contribution in [3.8, 4) is 6.01 Å². The van der Waals surface area contributed by atoms with Gasteiger partial charge in [0.05, 0.1) is 26.9 Å². The number of nitrogens with one attached hydrogen (secondary N) is 1. The van der Waals surface area contributed by atoms with Gasteiger partial charge in [0.2, 0.25) is 5.95 Å². The van der Waals surface area contributed by atoms with Gasteiger partial charge in [0.1, 0.15) is 0 Å². The third-order valence-corrected chi connectivity index (χ3v) is 3.48. The minimum atomic E-state index is -0.218. The molecule has 0 radical (unpaired) electrons. The van der Waals surface area contributed by atoms with Crippen LogP contribution in [0.25, 0.3) is 0 Å². The Morgan fingerprint density at radius 3 is 2.71 bits per heavy atom. The second-order valence-electron chi connectivity index (χ2n) is 5.06. The van der Waals surface area contributed by atoms with Gasteiger partial charge >= 0.3 is 6.01 Å². The summed E-state index contributed by atoms with van der Waals surface area (Å²) in [5, 5.41) is 2.78. The molecule has 9 heteroatoms. The summed E-state index contributed by atoms with van der Waals surface area (Å²) in [7, 11) is 1.50. The molecule has 1 saturated heterocycles. The van der Waals surface area contributed by atoms with Gasteiger partial charge in [-0.05, 0) is 12.1 Å². The summed E-state index contributed by atoms with van der Waals surface area (Å²) in [6, 6.07) is 3.50. The van der Waals surface area contributed by atoms with Gasteiger partial charge < -0.3 is 19.7 Å². The first-order valence-electron chi connectivity index (χ1n) is 7.56. The molecule has 1 fully saturated rings. The van der Waals surface area contributed by atoms with E-state index in [1.165, 1.54) is 7.11 Å². The molecule has 0 atom stereocenters. The SMILES string of the molecule is COc1nc(CNC(=O)c2ccncc2)nc(N2CCOCC2)n1. The summed E-state index contributed by atoms with van der Waals surface area (Å²) in [4.78, 5) is 30.8. The van der Waals surface area contributed by atoms with Crippen molar-refractivity contribution in [3.63, 3.8) is 0 Å². The van der Waals surface area contributed by atoms with Crippen LogP contribution >= 0.6 is 0 Å². The Hall–Kier alpha value is -2.81. The summed E-state index contributed by atoms with van der Waals surface area (Å²) in [6.07, 6.45) is 3.13. The van der Waals surface area contributed by atoms with Gasteiger partial charge in [-0.25, -0.2) is 0 Å². The van der Waals surface area contributed by atoms with Crippen LogP contribution in [0.15, 0.2) is 24.5 Å². The highest BCUT2D eigenvalue weighted by Crippen LogP contribution is 2.13. The van der Waals surface area contributed by atoms with Gasteiger partial charge in [-0.3, -0.25) is 9.78 Å². The van der Waals surface area contributed by atoms with Gasteiger partial charge in [-0.2, -0.15) is 15.0 Å². The molecule has 24 heavy (non-hydrogen) atoms. The molecular weight excluding hydrogens is 312 g/mol. The van der Waals surface area contributed by atoms with Crippen LogP contribution in [0.4, 0.5) is 5.95 Å². The Labute approximate surface area is 139 Å². The molecule has 1 amide bonds. The van der Waals surface area contributed by atoms with Crippen molar-refractivity contribution in [2.45, 2.75) is 6.54 Å². The van der Waals surface area contributed by atoms with Crippen LogP contribution in [0.2, 0.25) is 0 Å². The van der Waals surface area contributed by atoms with Gasteiger partial charge in [0, 0.05) is 31.0 Å². The molecule has 0 bridgehead atoms. The lowest BCUT2D eigenvalue weighted by molar-refractivity contribution is 0.0949. The lowest BCUT2D eigenvalue weighted by Crippen LogP contribution is -2.37. The van der Waals surface area contributed by atoms with Crippen molar-refractivity contribution in [2.75, 3.05) is 38.3 Å². The van der Waals surface area contributed by atoms with Crippen LogP contribution in [-0.2, 0) is 11.3 Å². The maximum Gasteiger partial charge on any atom is 0.321 e. The normalized spacial score (nSPS) is 14.3. The molecule has 0 saturated carbocycles. The first kappa shape index (κ1) is 16.1. The zero-order valence-corrected chi connectivity index (χ0v) is 13.3. The second-order valence-corrected chi connectivity index (χ2v) is 5.06. The van der Waals surface area contributed by atoms with E-state index in [1.807, 2.05) is 4.90 Å². The lowest BCUT2D eigenvalue weighted by Gasteiger charge is -2.26. The lowest BCUT2D eigenvalue weighted by atomic mass is 10.2. The molecule has 0 spiro atoms. The van der Waals surface area contributed by atoms with Gasteiger partial charge in [0.25, 0.3) is 5.91 Å². The number of carbonyl (C=O) groups is 1. The first-order valence-corrected chi connectivity index (χ1v) is 7.56. The maximum absolute atomic E-state index is 12.1. The zero-order valence-electron chi connectivity index (χ0n) is 13.3. The van der Waals surface area contributed by atoms with Crippen LogP contribution in [0, 0.1) is 0 Å². The Kier molecular flexibility index (Phi) is 5.12. The number of morpholine rings is 1. The highest BCUT2D eigenvalue weighted by atomic mass is 16.5. The van der Waals surface area contributed by atoms with E-state index in [-0.39, 0.29) is 18.5 Å². The predicted molar refractivity (Wildman–Crippen MR) is 84.8 cm³/mol. The zero-order chi connectivity index (χ0) is 16.8. The van der Waals surface area contributed by atoms with Crippen molar-refractivity contribution in [3.05, 3.63) is 35.9 Å². The van der Waals surface area contributed by atoms with Gasteiger partial charge in [-0.15, -0.1) is 0 Å². The molecule has 2 aromatic heterocycles.